The summed E-state index contributed by atoms with van der Waals surface area (Å²) in [6.45, 7) is 5.12. The van der Waals surface area contributed by atoms with Gasteiger partial charge in [0.1, 0.15) is 12.4 Å². The van der Waals surface area contributed by atoms with Crippen LogP contribution in [0.25, 0.3) is 22.3 Å². The zero-order chi connectivity index (χ0) is 22.3. The molecule has 30 heavy (non-hydrogen) atoms. The van der Waals surface area contributed by atoms with Crippen LogP contribution >= 0.6 is 11.6 Å². The average Bonchev–Trinajstić information content (AvgIpc) is 2.68. The van der Waals surface area contributed by atoms with Gasteiger partial charge < -0.3 is 0 Å². The van der Waals surface area contributed by atoms with Crippen LogP contribution in [-0.4, -0.2) is 17.5 Å². The van der Waals surface area contributed by atoms with E-state index in [9.17, 15) is 4.39 Å². The molecule has 0 radical (unpaired) electrons. The van der Waals surface area contributed by atoms with Gasteiger partial charge in [0.15, 0.2) is 12.4 Å². The minimum Gasteiger partial charge on any atom is -0.264 e. The van der Waals surface area contributed by atoms with Crippen molar-refractivity contribution in [1.82, 2.24) is 0 Å². The standard InChI is InChI=1S/C22H22ClFN.H2O4S/c1-3-6-16-7-5-8-18(13-16)21-15-25(4-2)14-20(22(21)23)17-9-11-19(24)12-10-17;1-5(2,3)4/h5,7-15H,3-4,6H2,1-2H3;(H2,1,2,3,4)/q+1;. The first kappa shape index (κ1) is 24.0. The van der Waals surface area contributed by atoms with Gasteiger partial charge in [-0.25, -0.2) is 8.96 Å². The first-order chi connectivity index (χ1) is 14.1. The molecule has 0 aliphatic rings. The summed E-state index contributed by atoms with van der Waals surface area (Å²) in [6.07, 6.45) is 6.27. The Morgan fingerprint density at radius 2 is 1.53 bits per heavy atom. The van der Waals surface area contributed by atoms with Crippen molar-refractivity contribution >= 4 is 22.0 Å². The lowest BCUT2D eigenvalue weighted by molar-refractivity contribution is -0.692. The van der Waals surface area contributed by atoms with Gasteiger partial charge in [-0.15, -0.1) is 0 Å². The molecule has 0 bridgehead atoms. The number of rotatable bonds is 5. The number of nitrogens with zero attached hydrogens (tertiary/aromatic N) is 1. The van der Waals surface area contributed by atoms with E-state index in [4.69, 9.17) is 29.1 Å². The van der Waals surface area contributed by atoms with Gasteiger partial charge in [-0.2, -0.15) is 8.42 Å². The number of benzene rings is 2. The topological polar surface area (TPSA) is 78.5 Å². The van der Waals surface area contributed by atoms with Crippen molar-refractivity contribution in [1.29, 1.82) is 0 Å². The molecule has 8 heteroatoms. The Balaban J connectivity index is 0.000000575. The monoisotopic (exact) mass is 452 g/mol. The number of aromatic nitrogens is 1. The van der Waals surface area contributed by atoms with E-state index in [2.05, 4.69) is 48.9 Å². The van der Waals surface area contributed by atoms with Crippen molar-refractivity contribution in [3.8, 4) is 22.3 Å². The van der Waals surface area contributed by atoms with Crippen LogP contribution in [0.5, 0.6) is 0 Å². The van der Waals surface area contributed by atoms with Crippen LogP contribution in [0.15, 0.2) is 60.9 Å². The molecule has 0 fully saturated rings. The van der Waals surface area contributed by atoms with Crippen molar-refractivity contribution in [3.05, 3.63) is 77.3 Å². The lowest BCUT2D eigenvalue weighted by Gasteiger charge is -2.10. The maximum atomic E-state index is 13.3. The van der Waals surface area contributed by atoms with Gasteiger partial charge >= 0.3 is 10.4 Å². The van der Waals surface area contributed by atoms with Crippen LogP contribution in [0.2, 0.25) is 5.02 Å². The Morgan fingerprint density at radius 1 is 0.967 bits per heavy atom. The van der Waals surface area contributed by atoms with Crippen LogP contribution in [0, 0.1) is 5.82 Å². The van der Waals surface area contributed by atoms with E-state index in [0.29, 0.717) is 5.02 Å². The van der Waals surface area contributed by atoms with Gasteiger partial charge in [0.25, 0.3) is 0 Å². The van der Waals surface area contributed by atoms with Crippen LogP contribution in [0.4, 0.5) is 4.39 Å². The normalized spacial score (nSPS) is 11.0. The molecular formula is C22H24ClFNO4S+. The number of hydrogen-bond donors (Lipinski definition) is 2. The van der Waals surface area contributed by atoms with Crippen LogP contribution in [0.3, 0.4) is 0 Å². The van der Waals surface area contributed by atoms with Crippen molar-refractivity contribution < 1.29 is 26.5 Å². The second-order valence-corrected chi connectivity index (χ2v) is 7.91. The fourth-order valence-electron chi connectivity index (χ4n) is 3.02. The second-order valence-electron chi connectivity index (χ2n) is 6.64. The number of pyridine rings is 1. The Kier molecular flexibility index (Phi) is 8.49. The Bertz CT molecular complexity index is 1090. The molecule has 3 rings (SSSR count). The lowest BCUT2D eigenvalue weighted by atomic mass is 9.99. The predicted octanol–water partition coefficient (Wildman–Crippen LogP) is 5.42. The maximum absolute atomic E-state index is 13.3. The lowest BCUT2D eigenvalue weighted by Crippen LogP contribution is -2.32. The maximum Gasteiger partial charge on any atom is 0.394 e. The van der Waals surface area contributed by atoms with Gasteiger partial charge in [-0.05, 0) is 42.2 Å². The SMILES string of the molecule is CCCc1cccc(-c2c[n+](CC)cc(-c3ccc(F)cc3)c2Cl)c1.O=S(=O)(O)O. The van der Waals surface area contributed by atoms with Crippen LogP contribution in [-0.2, 0) is 23.4 Å². The van der Waals surface area contributed by atoms with Crippen LogP contribution in [0.1, 0.15) is 25.8 Å². The van der Waals surface area contributed by atoms with E-state index in [0.717, 1.165) is 41.6 Å². The minimum absolute atomic E-state index is 0.244. The van der Waals surface area contributed by atoms with Gasteiger partial charge in [-0.1, -0.05) is 61.3 Å². The molecule has 0 aliphatic heterocycles. The summed E-state index contributed by atoms with van der Waals surface area (Å²) < 4.78 is 47.0. The first-order valence-electron chi connectivity index (χ1n) is 9.40. The van der Waals surface area contributed by atoms with E-state index < -0.39 is 10.4 Å². The molecule has 0 aliphatic carbocycles. The molecule has 0 saturated carbocycles. The highest BCUT2D eigenvalue weighted by Crippen LogP contribution is 2.35. The van der Waals surface area contributed by atoms with Crippen molar-refractivity contribution in [2.45, 2.75) is 33.2 Å². The highest BCUT2D eigenvalue weighted by Gasteiger charge is 2.17. The highest BCUT2D eigenvalue weighted by atomic mass is 35.5. The van der Waals surface area contributed by atoms with Gasteiger partial charge in [0.2, 0.25) is 0 Å². The third-order valence-electron chi connectivity index (χ3n) is 4.36. The number of hydrogen-bond acceptors (Lipinski definition) is 2. The predicted molar refractivity (Wildman–Crippen MR) is 116 cm³/mol. The molecule has 0 atom stereocenters. The Hall–Kier alpha value is -2.32. The summed E-state index contributed by atoms with van der Waals surface area (Å²) in [6, 6.07) is 15.0. The highest BCUT2D eigenvalue weighted by molar-refractivity contribution is 7.79. The molecule has 0 amide bonds. The van der Waals surface area contributed by atoms with E-state index in [1.807, 2.05) is 6.20 Å². The zero-order valence-electron chi connectivity index (χ0n) is 16.7. The third-order valence-corrected chi connectivity index (χ3v) is 4.77. The first-order valence-corrected chi connectivity index (χ1v) is 11.2. The molecule has 2 aromatic carbocycles. The smallest absolute Gasteiger partial charge is 0.264 e. The molecule has 3 aromatic rings. The summed E-state index contributed by atoms with van der Waals surface area (Å²) in [4.78, 5) is 0. The molecule has 160 valence electrons. The van der Waals surface area contributed by atoms with E-state index in [1.165, 1.54) is 17.7 Å². The van der Waals surface area contributed by atoms with Crippen molar-refractivity contribution in [3.63, 3.8) is 0 Å². The molecule has 0 spiro atoms. The molecule has 0 unspecified atom stereocenters. The van der Waals surface area contributed by atoms with Gasteiger partial charge in [0, 0.05) is 0 Å². The molecule has 1 aromatic heterocycles. The summed E-state index contributed by atoms with van der Waals surface area (Å²) in [5, 5.41) is 0.699. The summed E-state index contributed by atoms with van der Waals surface area (Å²) in [5.74, 6) is -0.244. The number of aryl methyl sites for hydroxylation is 2. The van der Waals surface area contributed by atoms with Gasteiger partial charge in [-0.3, -0.25) is 9.11 Å². The fraction of sp³-hybridized carbons (Fsp3) is 0.227. The van der Waals surface area contributed by atoms with E-state index >= 15 is 0 Å². The number of halogens is 2. The van der Waals surface area contributed by atoms with Crippen molar-refractivity contribution in [2.75, 3.05) is 0 Å². The van der Waals surface area contributed by atoms with E-state index in [1.54, 1.807) is 12.1 Å². The average molecular weight is 453 g/mol. The fourth-order valence-corrected chi connectivity index (χ4v) is 3.34. The molecule has 1 heterocycles. The summed E-state index contributed by atoms with van der Waals surface area (Å²) in [5.41, 5.74) is 5.26. The van der Waals surface area contributed by atoms with Crippen LogP contribution < -0.4 is 4.57 Å². The van der Waals surface area contributed by atoms with Gasteiger partial charge in [0.05, 0.1) is 16.1 Å². The molecular weight excluding hydrogens is 429 g/mol. The second kappa shape index (κ2) is 10.6. The summed E-state index contributed by atoms with van der Waals surface area (Å²) in [7, 11) is -4.67. The Morgan fingerprint density at radius 3 is 2.07 bits per heavy atom. The summed E-state index contributed by atoms with van der Waals surface area (Å²) >= 11 is 6.77. The van der Waals surface area contributed by atoms with Crippen molar-refractivity contribution in [2.24, 2.45) is 0 Å². The Labute approximate surface area is 181 Å². The molecule has 5 nitrogen and oxygen atoms in total. The zero-order valence-corrected chi connectivity index (χ0v) is 18.3. The molecule has 2 N–H and O–H groups in total. The molecule has 0 saturated heterocycles. The van der Waals surface area contributed by atoms with E-state index in [-0.39, 0.29) is 5.82 Å². The quantitative estimate of drug-likeness (QED) is 0.400. The largest absolute Gasteiger partial charge is 0.394 e. The minimum atomic E-state index is -4.67. The third kappa shape index (κ3) is 7.18.